The molecule has 0 atom stereocenters. The van der Waals surface area contributed by atoms with E-state index in [1.807, 2.05) is 26.8 Å². The summed E-state index contributed by atoms with van der Waals surface area (Å²) >= 11 is 0. The molecule has 138 valence electrons. The molecule has 0 bridgehead atoms. The zero-order chi connectivity index (χ0) is 17.1. The van der Waals surface area contributed by atoms with Crippen LogP contribution in [0.4, 0.5) is 0 Å². The van der Waals surface area contributed by atoms with Gasteiger partial charge in [-0.1, -0.05) is 0 Å². The third kappa shape index (κ3) is 4.48. The molecule has 8 heteroatoms. The van der Waals surface area contributed by atoms with Gasteiger partial charge in [-0.2, -0.15) is 5.10 Å². The maximum Gasteiger partial charge on any atom is 0.257 e. The molecule has 0 aromatic carbocycles. The number of carbonyl (C=O) groups excluding carboxylic acids is 1. The first-order valence-corrected chi connectivity index (χ1v) is 8.61. The number of hydrogen-bond donors (Lipinski definition) is 2. The van der Waals surface area contributed by atoms with E-state index in [1.54, 1.807) is 4.52 Å². The Kier molecular flexibility index (Phi) is 6.75. The molecule has 3 rings (SSSR count). The van der Waals surface area contributed by atoms with Gasteiger partial charge in [0.25, 0.3) is 5.91 Å². The number of nitrogens with one attached hydrogen (secondary N) is 2. The third-order valence-corrected chi connectivity index (χ3v) is 4.44. The Hall–Kier alpha value is -1.70. The summed E-state index contributed by atoms with van der Waals surface area (Å²) in [5.41, 5.74) is 3.83. The van der Waals surface area contributed by atoms with Gasteiger partial charge < -0.3 is 15.5 Å². The fourth-order valence-electron chi connectivity index (χ4n) is 3.22. The van der Waals surface area contributed by atoms with Crippen molar-refractivity contribution in [2.45, 2.75) is 27.2 Å². The quantitative estimate of drug-likeness (QED) is 0.775. The van der Waals surface area contributed by atoms with Crippen molar-refractivity contribution in [2.24, 2.45) is 0 Å². The number of halogens is 1. The van der Waals surface area contributed by atoms with Crippen LogP contribution in [0.25, 0.3) is 5.65 Å². The van der Waals surface area contributed by atoms with Crippen molar-refractivity contribution in [3.63, 3.8) is 0 Å². The molecular weight excluding hydrogens is 340 g/mol. The number of piperazine rings is 1. The maximum atomic E-state index is 12.6. The van der Waals surface area contributed by atoms with Gasteiger partial charge in [0, 0.05) is 44.1 Å². The van der Waals surface area contributed by atoms with Crippen molar-refractivity contribution in [3.05, 3.63) is 28.7 Å². The van der Waals surface area contributed by atoms with Gasteiger partial charge in [0.2, 0.25) is 0 Å². The van der Waals surface area contributed by atoms with Gasteiger partial charge in [0.1, 0.15) is 5.56 Å². The number of hydrogen-bond acceptors (Lipinski definition) is 5. The minimum Gasteiger partial charge on any atom is -0.352 e. The Morgan fingerprint density at radius 1 is 1.28 bits per heavy atom. The summed E-state index contributed by atoms with van der Waals surface area (Å²) in [6, 6.07) is 1.97. The summed E-state index contributed by atoms with van der Waals surface area (Å²) in [6.45, 7) is 11.7. The van der Waals surface area contributed by atoms with Crippen LogP contribution in [-0.2, 0) is 0 Å². The molecule has 0 saturated carbocycles. The highest BCUT2D eigenvalue weighted by molar-refractivity contribution is 6.01. The van der Waals surface area contributed by atoms with E-state index < -0.39 is 0 Å². The highest BCUT2D eigenvalue weighted by Gasteiger charge is 2.19. The van der Waals surface area contributed by atoms with Gasteiger partial charge in [0.15, 0.2) is 5.65 Å². The van der Waals surface area contributed by atoms with E-state index in [4.69, 9.17) is 0 Å². The van der Waals surface area contributed by atoms with Crippen LogP contribution in [0.2, 0.25) is 0 Å². The minimum absolute atomic E-state index is 0. The van der Waals surface area contributed by atoms with Crippen molar-refractivity contribution >= 4 is 24.0 Å². The fourth-order valence-corrected chi connectivity index (χ4v) is 3.22. The molecule has 1 aliphatic rings. The Morgan fingerprint density at radius 2 is 2.00 bits per heavy atom. The lowest BCUT2D eigenvalue weighted by molar-refractivity contribution is 0.0952. The molecule has 25 heavy (non-hydrogen) atoms. The van der Waals surface area contributed by atoms with E-state index in [1.165, 1.54) is 0 Å². The summed E-state index contributed by atoms with van der Waals surface area (Å²) in [6.07, 6.45) is 0.954. The Morgan fingerprint density at radius 3 is 2.72 bits per heavy atom. The van der Waals surface area contributed by atoms with Crippen LogP contribution >= 0.6 is 12.4 Å². The van der Waals surface area contributed by atoms with Gasteiger partial charge in [-0.3, -0.25) is 4.79 Å². The van der Waals surface area contributed by atoms with E-state index in [2.05, 4.69) is 25.6 Å². The highest BCUT2D eigenvalue weighted by atomic mass is 35.5. The molecule has 2 N–H and O–H groups in total. The van der Waals surface area contributed by atoms with Crippen LogP contribution in [0.5, 0.6) is 0 Å². The van der Waals surface area contributed by atoms with Crippen LogP contribution in [0.3, 0.4) is 0 Å². The number of fused-ring (bicyclic) bond motifs is 1. The number of amides is 1. The molecule has 0 radical (unpaired) electrons. The van der Waals surface area contributed by atoms with Crippen LogP contribution < -0.4 is 10.6 Å². The van der Waals surface area contributed by atoms with E-state index in [0.717, 1.165) is 56.2 Å². The first-order valence-electron chi connectivity index (χ1n) is 8.61. The standard InChI is InChI=1S/C17H26N6O.ClH/c1-12-11-13(2)23-16(20-12)15(14(3)21-23)17(24)19-5-4-8-22-9-6-18-7-10-22;/h11,18H,4-10H2,1-3H3,(H,19,24);1H. The molecule has 1 fully saturated rings. The SMILES string of the molecule is Cc1cc(C)n2nc(C)c(C(=O)NCCCN3CCNCC3)c2n1.Cl. The molecule has 1 aliphatic heterocycles. The molecule has 3 heterocycles. The molecule has 0 aliphatic carbocycles. The first-order chi connectivity index (χ1) is 11.6. The summed E-state index contributed by atoms with van der Waals surface area (Å²) in [7, 11) is 0. The molecule has 2 aromatic rings. The smallest absolute Gasteiger partial charge is 0.257 e. The second-order valence-electron chi connectivity index (χ2n) is 6.44. The average Bonchev–Trinajstić information content (AvgIpc) is 2.89. The van der Waals surface area contributed by atoms with Crippen molar-refractivity contribution in [1.82, 2.24) is 30.1 Å². The monoisotopic (exact) mass is 366 g/mol. The minimum atomic E-state index is -0.0830. The zero-order valence-corrected chi connectivity index (χ0v) is 15.9. The zero-order valence-electron chi connectivity index (χ0n) is 15.1. The topological polar surface area (TPSA) is 74.6 Å². The summed E-state index contributed by atoms with van der Waals surface area (Å²) < 4.78 is 1.75. The first kappa shape index (κ1) is 19.6. The van der Waals surface area contributed by atoms with Gasteiger partial charge >= 0.3 is 0 Å². The predicted molar refractivity (Wildman–Crippen MR) is 101 cm³/mol. The third-order valence-electron chi connectivity index (χ3n) is 4.44. The number of aromatic nitrogens is 3. The van der Waals surface area contributed by atoms with E-state index >= 15 is 0 Å². The number of aryl methyl sites for hydroxylation is 3. The lowest BCUT2D eigenvalue weighted by atomic mass is 10.2. The number of nitrogens with zero attached hydrogens (tertiary/aromatic N) is 4. The second kappa shape index (κ2) is 8.60. The van der Waals surface area contributed by atoms with Crippen molar-refractivity contribution < 1.29 is 4.79 Å². The van der Waals surface area contributed by atoms with Gasteiger partial charge in [-0.25, -0.2) is 9.50 Å². The molecule has 1 amide bonds. The lowest BCUT2D eigenvalue weighted by Gasteiger charge is -2.27. The van der Waals surface area contributed by atoms with E-state index in [-0.39, 0.29) is 18.3 Å². The predicted octanol–water partition coefficient (Wildman–Crippen LogP) is 1.10. The molecule has 2 aromatic heterocycles. The van der Waals surface area contributed by atoms with Crippen molar-refractivity contribution in [2.75, 3.05) is 39.3 Å². The Labute approximate surface area is 154 Å². The largest absolute Gasteiger partial charge is 0.352 e. The van der Waals surface area contributed by atoms with Crippen molar-refractivity contribution in [1.29, 1.82) is 0 Å². The summed E-state index contributed by atoms with van der Waals surface area (Å²) in [4.78, 5) is 19.5. The van der Waals surface area contributed by atoms with Gasteiger partial charge in [-0.05, 0) is 39.8 Å². The lowest BCUT2D eigenvalue weighted by Crippen LogP contribution is -2.44. The average molecular weight is 367 g/mol. The summed E-state index contributed by atoms with van der Waals surface area (Å²) in [5.74, 6) is -0.0830. The molecule has 1 saturated heterocycles. The van der Waals surface area contributed by atoms with E-state index in [0.29, 0.717) is 17.8 Å². The van der Waals surface area contributed by atoms with Crippen LogP contribution in [0, 0.1) is 20.8 Å². The van der Waals surface area contributed by atoms with Crippen LogP contribution in [0.15, 0.2) is 6.07 Å². The number of rotatable bonds is 5. The summed E-state index contributed by atoms with van der Waals surface area (Å²) in [5, 5.41) is 10.8. The second-order valence-corrected chi connectivity index (χ2v) is 6.44. The maximum absolute atomic E-state index is 12.6. The Balaban J connectivity index is 0.00000225. The van der Waals surface area contributed by atoms with E-state index in [9.17, 15) is 4.79 Å². The van der Waals surface area contributed by atoms with Crippen LogP contribution in [0.1, 0.15) is 33.9 Å². The number of carbonyl (C=O) groups is 1. The van der Waals surface area contributed by atoms with Crippen molar-refractivity contribution in [3.8, 4) is 0 Å². The molecular formula is C17H27ClN6O. The normalized spacial score (nSPS) is 15.2. The molecule has 0 spiro atoms. The van der Waals surface area contributed by atoms with Crippen LogP contribution in [-0.4, -0.2) is 64.7 Å². The Bertz CT molecular complexity index is 738. The highest BCUT2D eigenvalue weighted by Crippen LogP contribution is 2.16. The van der Waals surface area contributed by atoms with Gasteiger partial charge in [-0.15, -0.1) is 12.4 Å². The fraction of sp³-hybridized carbons (Fsp3) is 0.588. The molecule has 0 unspecified atom stereocenters. The molecule has 7 nitrogen and oxygen atoms in total. The van der Waals surface area contributed by atoms with Gasteiger partial charge in [0.05, 0.1) is 5.69 Å².